The van der Waals surface area contributed by atoms with Gasteiger partial charge in [-0.25, -0.2) is 16.8 Å². The SMILES string of the molecule is Cc1ccc(S(=O)(=O)Nc2ccc(C)c(S(=O)(=O)N3CCCCC3)c2)c(C)c1. The third-order valence-electron chi connectivity index (χ3n) is 4.99. The molecule has 1 aliphatic rings. The zero-order valence-electron chi connectivity index (χ0n) is 16.4. The van der Waals surface area contributed by atoms with Crippen molar-refractivity contribution in [2.24, 2.45) is 0 Å². The van der Waals surface area contributed by atoms with Crippen molar-refractivity contribution in [3.05, 3.63) is 53.1 Å². The summed E-state index contributed by atoms with van der Waals surface area (Å²) >= 11 is 0. The van der Waals surface area contributed by atoms with E-state index in [9.17, 15) is 16.8 Å². The molecule has 152 valence electrons. The monoisotopic (exact) mass is 422 g/mol. The van der Waals surface area contributed by atoms with Crippen molar-refractivity contribution >= 4 is 25.7 Å². The van der Waals surface area contributed by atoms with E-state index in [0.29, 0.717) is 24.2 Å². The molecule has 8 heteroatoms. The molecule has 0 aromatic heterocycles. The van der Waals surface area contributed by atoms with Gasteiger partial charge in [0.15, 0.2) is 0 Å². The van der Waals surface area contributed by atoms with Crippen LogP contribution in [0.1, 0.15) is 36.0 Å². The molecule has 1 aliphatic heterocycles. The average molecular weight is 423 g/mol. The molecule has 0 aliphatic carbocycles. The predicted octanol–water partition coefficient (Wildman–Crippen LogP) is 3.59. The van der Waals surface area contributed by atoms with Gasteiger partial charge in [-0.2, -0.15) is 4.31 Å². The van der Waals surface area contributed by atoms with E-state index in [1.54, 1.807) is 44.2 Å². The van der Waals surface area contributed by atoms with Crippen LogP contribution < -0.4 is 4.72 Å². The standard InChI is InChI=1S/C20H26N2O4S2/c1-15-7-10-19(17(3)13-15)27(23,24)21-18-9-8-16(2)20(14-18)28(25,26)22-11-5-4-6-12-22/h7-10,13-14,21H,4-6,11-12H2,1-3H3. The second-order valence-electron chi connectivity index (χ2n) is 7.32. The highest BCUT2D eigenvalue weighted by Gasteiger charge is 2.28. The van der Waals surface area contributed by atoms with Gasteiger partial charge in [0.2, 0.25) is 10.0 Å². The van der Waals surface area contributed by atoms with Gasteiger partial charge in [-0.1, -0.05) is 30.2 Å². The van der Waals surface area contributed by atoms with E-state index < -0.39 is 20.0 Å². The first kappa shape index (κ1) is 20.8. The fourth-order valence-corrected chi connectivity index (χ4v) is 6.54. The number of nitrogens with zero attached hydrogens (tertiary/aromatic N) is 1. The molecule has 1 fully saturated rings. The van der Waals surface area contributed by atoms with Crippen molar-refractivity contribution in [3.8, 4) is 0 Å². The number of benzene rings is 2. The molecule has 0 radical (unpaired) electrons. The van der Waals surface area contributed by atoms with E-state index in [0.717, 1.165) is 24.8 Å². The normalized spacial score (nSPS) is 16.1. The lowest BCUT2D eigenvalue weighted by Gasteiger charge is -2.26. The summed E-state index contributed by atoms with van der Waals surface area (Å²) < 4.78 is 55.7. The lowest BCUT2D eigenvalue weighted by molar-refractivity contribution is 0.346. The minimum atomic E-state index is -3.82. The van der Waals surface area contributed by atoms with Crippen LogP contribution in [0.3, 0.4) is 0 Å². The summed E-state index contributed by atoms with van der Waals surface area (Å²) in [4.78, 5) is 0.328. The maximum atomic E-state index is 13.0. The van der Waals surface area contributed by atoms with Crippen LogP contribution in [0.5, 0.6) is 0 Å². The molecule has 0 atom stereocenters. The number of hydrogen-bond donors (Lipinski definition) is 1. The fourth-order valence-electron chi connectivity index (χ4n) is 3.50. The molecule has 1 saturated heterocycles. The van der Waals surface area contributed by atoms with Crippen LogP contribution in [0, 0.1) is 20.8 Å². The molecule has 0 saturated carbocycles. The van der Waals surface area contributed by atoms with Crippen molar-refractivity contribution in [3.63, 3.8) is 0 Å². The molecular weight excluding hydrogens is 396 g/mol. The van der Waals surface area contributed by atoms with Crippen molar-refractivity contribution in [2.75, 3.05) is 17.8 Å². The van der Waals surface area contributed by atoms with Crippen LogP contribution in [0.2, 0.25) is 0 Å². The Kier molecular flexibility index (Phi) is 5.84. The number of piperidine rings is 1. The van der Waals surface area contributed by atoms with E-state index in [1.807, 2.05) is 6.92 Å². The Hall–Kier alpha value is -1.90. The molecule has 2 aromatic rings. The van der Waals surface area contributed by atoms with Gasteiger partial charge in [-0.15, -0.1) is 0 Å². The van der Waals surface area contributed by atoms with Gasteiger partial charge in [0.1, 0.15) is 0 Å². The van der Waals surface area contributed by atoms with Crippen molar-refractivity contribution in [1.29, 1.82) is 0 Å². The molecule has 2 aromatic carbocycles. The first-order valence-electron chi connectivity index (χ1n) is 9.32. The highest BCUT2D eigenvalue weighted by Crippen LogP contribution is 2.27. The summed E-state index contributed by atoms with van der Waals surface area (Å²) in [6.07, 6.45) is 2.72. The molecule has 1 heterocycles. The lowest BCUT2D eigenvalue weighted by Crippen LogP contribution is -2.36. The third kappa shape index (κ3) is 4.24. The van der Waals surface area contributed by atoms with E-state index in [4.69, 9.17) is 0 Å². The topological polar surface area (TPSA) is 83.5 Å². The van der Waals surface area contributed by atoms with E-state index >= 15 is 0 Å². The predicted molar refractivity (Wildman–Crippen MR) is 111 cm³/mol. The number of nitrogens with one attached hydrogen (secondary N) is 1. The molecule has 1 N–H and O–H groups in total. The molecule has 6 nitrogen and oxygen atoms in total. The van der Waals surface area contributed by atoms with Gasteiger partial charge in [0.05, 0.1) is 15.5 Å². The smallest absolute Gasteiger partial charge is 0.262 e. The van der Waals surface area contributed by atoms with Gasteiger partial charge >= 0.3 is 0 Å². The van der Waals surface area contributed by atoms with Crippen molar-refractivity contribution in [1.82, 2.24) is 4.31 Å². The minimum Gasteiger partial charge on any atom is -0.280 e. The maximum absolute atomic E-state index is 13.0. The Labute approximate surface area is 167 Å². The summed E-state index contributed by atoms with van der Waals surface area (Å²) in [5.74, 6) is 0. The fraction of sp³-hybridized carbons (Fsp3) is 0.400. The van der Waals surface area contributed by atoms with Crippen LogP contribution in [-0.4, -0.2) is 34.2 Å². The van der Waals surface area contributed by atoms with E-state index in [1.165, 1.54) is 10.4 Å². The Bertz CT molecular complexity index is 1090. The third-order valence-corrected chi connectivity index (χ3v) is 8.58. The Balaban J connectivity index is 1.95. The number of hydrogen-bond acceptors (Lipinski definition) is 4. The first-order chi connectivity index (χ1) is 13.1. The van der Waals surface area contributed by atoms with Gasteiger partial charge in [0, 0.05) is 13.1 Å². The summed E-state index contributed by atoms with van der Waals surface area (Å²) in [5.41, 5.74) is 2.45. The van der Waals surface area contributed by atoms with Gasteiger partial charge < -0.3 is 0 Å². The number of aryl methyl sites for hydroxylation is 3. The number of sulfonamides is 2. The number of anilines is 1. The maximum Gasteiger partial charge on any atom is 0.262 e. The van der Waals surface area contributed by atoms with Gasteiger partial charge in [-0.05, 0) is 62.9 Å². The van der Waals surface area contributed by atoms with E-state index in [2.05, 4.69) is 4.72 Å². The summed E-state index contributed by atoms with van der Waals surface area (Å²) in [6.45, 7) is 6.36. The Morgan fingerprint density at radius 2 is 1.46 bits per heavy atom. The summed E-state index contributed by atoms with van der Waals surface area (Å²) in [7, 11) is -7.47. The Morgan fingerprint density at radius 3 is 2.11 bits per heavy atom. The Morgan fingerprint density at radius 1 is 0.786 bits per heavy atom. The van der Waals surface area contributed by atoms with Crippen LogP contribution >= 0.6 is 0 Å². The average Bonchev–Trinajstić information content (AvgIpc) is 2.63. The minimum absolute atomic E-state index is 0.148. The second-order valence-corrected chi connectivity index (χ2v) is 10.9. The van der Waals surface area contributed by atoms with Crippen molar-refractivity contribution < 1.29 is 16.8 Å². The second kappa shape index (κ2) is 7.85. The summed E-state index contributed by atoms with van der Waals surface area (Å²) in [5, 5.41) is 0. The lowest BCUT2D eigenvalue weighted by atomic mass is 10.2. The molecule has 0 unspecified atom stereocenters. The van der Waals surface area contributed by atoms with E-state index in [-0.39, 0.29) is 15.5 Å². The zero-order chi connectivity index (χ0) is 20.5. The molecule has 0 amide bonds. The number of rotatable bonds is 5. The van der Waals surface area contributed by atoms with Crippen LogP contribution in [0.15, 0.2) is 46.2 Å². The van der Waals surface area contributed by atoms with Crippen molar-refractivity contribution in [2.45, 2.75) is 49.8 Å². The molecule has 3 rings (SSSR count). The van der Waals surface area contributed by atoms with Crippen LogP contribution in [-0.2, 0) is 20.0 Å². The molecule has 28 heavy (non-hydrogen) atoms. The largest absolute Gasteiger partial charge is 0.280 e. The highest BCUT2D eigenvalue weighted by molar-refractivity contribution is 7.92. The quantitative estimate of drug-likeness (QED) is 0.798. The van der Waals surface area contributed by atoms with Gasteiger partial charge in [-0.3, -0.25) is 4.72 Å². The molecular formula is C20H26N2O4S2. The first-order valence-corrected chi connectivity index (χ1v) is 12.2. The highest BCUT2D eigenvalue weighted by atomic mass is 32.2. The van der Waals surface area contributed by atoms with Gasteiger partial charge in [0.25, 0.3) is 10.0 Å². The van der Waals surface area contributed by atoms with Crippen LogP contribution in [0.4, 0.5) is 5.69 Å². The molecule has 0 bridgehead atoms. The zero-order valence-corrected chi connectivity index (χ0v) is 18.0. The van der Waals surface area contributed by atoms with Crippen LogP contribution in [0.25, 0.3) is 0 Å². The molecule has 0 spiro atoms. The summed E-state index contributed by atoms with van der Waals surface area (Å²) in [6, 6.07) is 9.74.